The molecule has 2 atom stereocenters. The van der Waals surface area contributed by atoms with E-state index < -0.39 is 0 Å². The normalized spacial score (nSPS) is 23.2. The zero-order valence-corrected chi connectivity index (χ0v) is 10.4. The number of methoxy groups -OCH3 is 1. The first-order chi connectivity index (χ1) is 7.79. The molecule has 1 aromatic heterocycles. The monoisotopic (exact) mass is 243 g/mol. The molecule has 0 radical (unpaired) electrons. The summed E-state index contributed by atoms with van der Waals surface area (Å²) in [5.74, 6) is 3.58. The largest absolute Gasteiger partial charge is 0.381 e. The SMILES string of the molecule is COC(C)Cc1noc(C2CSCCN2)n1. The van der Waals surface area contributed by atoms with Gasteiger partial charge >= 0.3 is 0 Å². The van der Waals surface area contributed by atoms with E-state index in [-0.39, 0.29) is 12.1 Å². The molecule has 1 aromatic rings. The molecule has 1 N–H and O–H groups in total. The third kappa shape index (κ3) is 2.96. The minimum atomic E-state index is 0.124. The molecule has 1 saturated heterocycles. The topological polar surface area (TPSA) is 60.2 Å². The average Bonchev–Trinajstić information content (AvgIpc) is 2.78. The van der Waals surface area contributed by atoms with Gasteiger partial charge in [-0.2, -0.15) is 16.7 Å². The predicted octanol–water partition coefficient (Wildman–Crippen LogP) is 1.02. The standard InChI is InChI=1S/C10H17N3O2S/c1-7(14-2)5-9-12-10(15-13-9)8-6-16-4-3-11-8/h7-8,11H,3-6H2,1-2H3. The van der Waals surface area contributed by atoms with Crippen LogP contribution in [0, 0.1) is 0 Å². The van der Waals surface area contributed by atoms with Crippen molar-refractivity contribution in [3.63, 3.8) is 0 Å². The van der Waals surface area contributed by atoms with Crippen LogP contribution < -0.4 is 5.32 Å². The highest BCUT2D eigenvalue weighted by molar-refractivity contribution is 7.99. The van der Waals surface area contributed by atoms with Gasteiger partial charge in [0.1, 0.15) is 0 Å². The van der Waals surface area contributed by atoms with E-state index in [4.69, 9.17) is 9.26 Å². The van der Waals surface area contributed by atoms with Gasteiger partial charge in [0.2, 0.25) is 5.89 Å². The van der Waals surface area contributed by atoms with Crippen molar-refractivity contribution in [2.45, 2.75) is 25.5 Å². The van der Waals surface area contributed by atoms with Crippen LogP contribution >= 0.6 is 11.8 Å². The number of hydrogen-bond acceptors (Lipinski definition) is 6. The Kier molecular flexibility index (Phi) is 4.20. The van der Waals surface area contributed by atoms with E-state index in [0.29, 0.717) is 12.3 Å². The van der Waals surface area contributed by atoms with Gasteiger partial charge in [-0.05, 0) is 6.92 Å². The maximum atomic E-state index is 5.26. The first-order valence-corrected chi connectivity index (χ1v) is 6.61. The van der Waals surface area contributed by atoms with E-state index in [9.17, 15) is 0 Å². The molecule has 2 unspecified atom stereocenters. The zero-order chi connectivity index (χ0) is 11.4. The molecule has 0 aromatic carbocycles. The van der Waals surface area contributed by atoms with E-state index in [1.807, 2.05) is 18.7 Å². The fourth-order valence-corrected chi connectivity index (χ4v) is 2.48. The number of aromatic nitrogens is 2. The van der Waals surface area contributed by atoms with Gasteiger partial charge < -0.3 is 14.6 Å². The van der Waals surface area contributed by atoms with Crippen molar-refractivity contribution in [1.82, 2.24) is 15.5 Å². The molecule has 5 nitrogen and oxygen atoms in total. The van der Waals surface area contributed by atoms with Crippen molar-refractivity contribution < 1.29 is 9.26 Å². The van der Waals surface area contributed by atoms with E-state index in [1.165, 1.54) is 0 Å². The van der Waals surface area contributed by atoms with Crippen LogP contribution in [0.3, 0.4) is 0 Å². The summed E-state index contributed by atoms with van der Waals surface area (Å²) in [6.45, 7) is 2.99. The third-order valence-electron chi connectivity index (χ3n) is 2.58. The summed E-state index contributed by atoms with van der Waals surface area (Å²) < 4.78 is 10.4. The van der Waals surface area contributed by atoms with Crippen LogP contribution in [0.4, 0.5) is 0 Å². The Morgan fingerprint density at radius 3 is 3.25 bits per heavy atom. The number of nitrogens with one attached hydrogen (secondary N) is 1. The fraction of sp³-hybridized carbons (Fsp3) is 0.800. The zero-order valence-electron chi connectivity index (χ0n) is 9.60. The maximum Gasteiger partial charge on any atom is 0.244 e. The van der Waals surface area contributed by atoms with Gasteiger partial charge in [-0.25, -0.2) is 0 Å². The Labute approximate surface area is 99.3 Å². The maximum absolute atomic E-state index is 5.26. The second-order valence-corrected chi connectivity index (χ2v) is 5.03. The first-order valence-electron chi connectivity index (χ1n) is 5.46. The lowest BCUT2D eigenvalue weighted by molar-refractivity contribution is 0.116. The van der Waals surface area contributed by atoms with E-state index in [1.54, 1.807) is 7.11 Å². The van der Waals surface area contributed by atoms with Crippen molar-refractivity contribution in [1.29, 1.82) is 0 Å². The van der Waals surface area contributed by atoms with Crippen molar-refractivity contribution in [2.24, 2.45) is 0 Å². The summed E-state index contributed by atoms with van der Waals surface area (Å²) in [6, 6.07) is 0.206. The van der Waals surface area contributed by atoms with Gasteiger partial charge in [0.15, 0.2) is 5.82 Å². The predicted molar refractivity (Wildman–Crippen MR) is 62.5 cm³/mol. The average molecular weight is 243 g/mol. The Balaban J connectivity index is 1.95. The minimum absolute atomic E-state index is 0.124. The fourth-order valence-electron chi connectivity index (χ4n) is 1.56. The number of rotatable bonds is 4. The molecule has 1 aliphatic heterocycles. The summed E-state index contributed by atoms with van der Waals surface area (Å²) in [5.41, 5.74) is 0. The summed E-state index contributed by atoms with van der Waals surface area (Å²) >= 11 is 1.91. The molecule has 6 heteroatoms. The van der Waals surface area contributed by atoms with Gasteiger partial charge in [0.25, 0.3) is 0 Å². The van der Waals surface area contributed by atoms with Gasteiger partial charge in [0.05, 0.1) is 12.1 Å². The number of hydrogen-bond donors (Lipinski definition) is 1. The molecule has 0 bridgehead atoms. The van der Waals surface area contributed by atoms with E-state index in [0.717, 1.165) is 23.9 Å². The van der Waals surface area contributed by atoms with Gasteiger partial charge in [-0.15, -0.1) is 0 Å². The number of ether oxygens (including phenoxy) is 1. The molecular weight excluding hydrogens is 226 g/mol. The van der Waals surface area contributed by atoms with Crippen LogP contribution in [0.25, 0.3) is 0 Å². The summed E-state index contributed by atoms with van der Waals surface area (Å²) in [7, 11) is 1.69. The Bertz CT molecular complexity index is 326. The molecule has 90 valence electrons. The Morgan fingerprint density at radius 2 is 2.56 bits per heavy atom. The molecule has 0 spiro atoms. The number of nitrogens with zero attached hydrogens (tertiary/aromatic N) is 2. The molecule has 0 saturated carbocycles. The highest BCUT2D eigenvalue weighted by atomic mass is 32.2. The van der Waals surface area contributed by atoms with Crippen molar-refractivity contribution in [2.75, 3.05) is 25.2 Å². The molecule has 1 fully saturated rings. The van der Waals surface area contributed by atoms with Gasteiger partial charge in [0, 0.05) is 31.6 Å². The van der Waals surface area contributed by atoms with Crippen LogP contribution in [-0.2, 0) is 11.2 Å². The second-order valence-electron chi connectivity index (χ2n) is 3.88. The minimum Gasteiger partial charge on any atom is -0.381 e. The highest BCUT2D eigenvalue weighted by Gasteiger charge is 2.21. The molecule has 2 rings (SSSR count). The van der Waals surface area contributed by atoms with Crippen molar-refractivity contribution >= 4 is 11.8 Å². The smallest absolute Gasteiger partial charge is 0.244 e. The molecule has 2 heterocycles. The number of thioether (sulfide) groups is 1. The van der Waals surface area contributed by atoms with Gasteiger partial charge in [-0.1, -0.05) is 5.16 Å². The van der Waals surface area contributed by atoms with Crippen molar-refractivity contribution in [3.8, 4) is 0 Å². The summed E-state index contributed by atoms with van der Waals surface area (Å²) in [5, 5.41) is 7.33. The first kappa shape index (κ1) is 11.9. The molecule has 1 aliphatic rings. The van der Waals surface area contributed by atoms with Crippen LogP contribution in [-0.4, -0.2) is 41.4 Å². The second kappa shape index (κ2) is 5.65. The van der Waals surface area contributed by atoms with Crippen LogP contribution in [0.15, 0.2) is 4.52 Å². The lowest BCUT2D eigenvalue weighted by atomic mass is 10.3. The molecule has 0 amide bonds. The molecule has 0 aliphatic carbocycles. The molecular formula is C10H17N3O2S. The van der Waals surface area contributed by atoms with Crippen molar-refractivity contribution in [3.05, 3.63) is 11.7 Å². The van der Waals surface area contributed by atoms with Gasteiger partial charge in [-0.3, -0.25) is 0 Å². The lowest BCUT2D eigenvalue weighted by Crippen LogP contribution is -2.30. The quantitative estimate of drug-likeness (QED) is 0.852. The lowest BCUT2D eigenvalue weighted by Gasteiger charge is -2.19. The summed E-state index contributed by atoms with van der Waals surface area (Å²) in [4.78, 5) is 4.39. The summed E-state index contributed by atoms with van der Waals surface area (Å²) in [6.07, 6.45) is 0.819. The highest BCUT2D eigenvalue weighted by Crippen LogP contribution is 2.20. The van der Waals surface area contributed by atoms with E-state index >= 15 is 0 Å². The van der Waals surface area contributed by atoms with Crippen LogP contribution in [0.2, 0.25) is 0 Å². The molecule has 16 heavy (non-hydrogen) atoms. The van der Waals surface area contributed by atoms with Crippen LogP contribution in [0.1, 0.15) is 24.7 Å². The van der Waals surface area contributed by atoms with Crippen LogP contribution in [0.5, 0.6) is 0 Å². The van der Waals surface area contributed by atoms with E-state index in [2.05, 4.69) is 15.5 Å². The Morgan fingerprint density at radius 1 is 1.69 bits per heavy atom. The third-order valence-corrected chi connectivity index (χ3v) is 3.64. The Hall–Kier alpha value is -0.590.